The third-order valence-corrected chi connectivity index (χ3v) is 9.63. The van der Waals surface area contributed by atoms with Crippen LogP contribution in [-0.4, -0.2) is 80.6 Å². The number of rotatable bonds is 38. The summed E-state index contributed by atoms with van der Waals surface area (Å²) in [6.07, 6.45) is 37.8. The summed E-state index contributed by atoms with van der Waals surface area (Å²) in [7, 11) is 5.52. The van der Waals surface area contributed by atoms with E-state index in [0.717, 1.165) is 44.9 Å². The molecule has 304 valence electrons. The van der Waals surface area contributed by atoms with Gasteiger partial charge in [0.15, 0.2) is 12.1 Å². The van der Waals surface area contributed by atoms with E-state index < -0.39 is 18.1 Å². The fourth-order valence-electron chi connectivity index (χ4n) is 6.26. The summed E-state index contributed by atoms with van der Waals surface area (Å²) in [6, 6.07) is -0.612. The lowest BCUT2D eigenvalue weighted by molar-refractivity contribution is -0.887. The van der Waals surface area contributed by atoms with Crippen molar-refractivity contribution in [3.05, 3.63) is 24.3 Å². The first-order chi connectivity index (χ1) is 25.1. The minimum atomic E-state index is -0.876. The van der Waals surface area contributed by atoms with Crippen molar-refractivity contribution in [2.45, 2.75) is 199 Å². The zero-order valence-corrected chi connectivity index (χ0v) is 34.5. The summed E-state index contributed by atoms with van der Waals surface area (Å²) in [5.41, 5.74) is 0. The maximum absolute atomic E-state index is 12.7. The number of aliphatic carboxylic acids is 1. The Kier molecular flexibility index (Phi) is 34.3. The number of nitrogens with zero attached hydrogens (tertiary/aromatic N) is 1. The molecule has 0 fully saturated rings. The van der Waals surface area contributed by atoms with Gasteiger partial charge in [-0.1, -0.05) is 154 Å². The number of hydrogen-bond donors (Lipinski definition) is 1. The van der Waals surface area contributed by atoms with Crippen LogP contribution in [0.5, 0.6) is 0 Å². The molecule has 0 aromatic heterocycles. The van der Waals surface area contributed by atoms with E-state index in [-0.39, 0.29) is 36.2 Å². The fraction of sp³-hybridized carbons (Fsp3) is 0.841. The van der Waals surface area contributed by atoms with Gasteiger partial charge in [0.1, 0.15) is 6.61 Å². The van der Waals surface area contributed by atoms with E-state index in [4.69, 9.17) is 14.2 Å². The summed E-state index contributed by atoms with van der Waals surface area (Å²) >= 11 is 0. The van der Waals surface area contributed by atoms with E-state index in [1.165, 1.54) is 109 Å². The van der Waals surface area contributed by atoms with Gasteiger partial charge in [-0.15, -0.1) is 0 Å². The number of hydrogen-bond acceptors (Lipinski definition) is 6. The normalized spacial score (nSPS) is 13.2. The average molecular weight is 737 g/mol. The number of unbranched alkanes of at least 4 members (excludes halogenated alkanes) is 21. The van der Waals surface area contributed by atoms with Gasteiger partial charge in [0.25, 0.3) is 0 Å². The van der Waals surface area contributed by atoms with Crippen molar-refractivity contribution in [3.63, 3.8) is 0 Å². The Morgan fingerprint density at radius 2 is 1.00 bits per heavy atom. The number of likely N-dealkylation sites (N-methyl/N-ethyl adjacent to an activating group) is 1. The smallest absolute Gasteiger partial charge is 0.362 e. The van der Waals surface area contributed by atoms with E-state index >= 15 is 0 Å². The maximum atomic E-state index is 12.7. The lowest BCUT2D eigenvalue weighted by Gasteiger charge is -2.31. The highest BCUT2D eigenvalue weighted by atomic mass is 16.6. The average Bonchev–Trinajstić information content (AvgIpc) is 3.09. The summed E-state index contributed by atoms with van der Waals surface area (Å²) in [5.74, 6) is -1.47. The Bertz CT molecular complexity index is 911. The molecule has 0 rings (SSSR count). The SMILES string of the molecule is CCCCC/C=C/C=C/CCCCCCCCC(=O)OCC(COCCC(C(=O)O)[N+](C)(C)C)OC(=O)CCCCCCCCCCCCCCC. The molecule has 0 bridgehead atoms. The molecule has 8 nitrogen and oxygen atoms in total. The van der Waals surface area contributed by atoms with Gasteiger partial charge in [0.05, 0.1) is 34.4 Å². The number of carbonyl (C=O) groups is 3. The Morgan fingerprint density at radius 3 is 1.48 bits per heavy atom. The molecule has 0 saturated heterocycles. The highest BCUT2D eigenvalue weighted by Gasteiger charge is 2.31. The topological polar surface area (TPSA) is 99.1 Å². The van der Waals surface area contributed by atoms with Gasteiger partial charge in [0.2, 0.25) is 0 Å². The molecule has 0 radical (unpaired) electrons. The van der Waals surface area contributed by atoms with Gasteiger partial charge in [-0.25, -0.2) is 4.79 Å². The molecule has 0 aliphatic carbocycles. The summed E-state index contributed by atoms with van der Waals surface area (Å²) in [4.78, 5) is 36.9. The number of allylic oxidation sites excluding steroid dienone is 4. The fourth-order valence-corrected chi connectivity index (χ4v) is 6.26. The molecule has 0 amide bonds. The van der Waals surface area contributed by atoms with Gasteiger partial charge in [-0.05, 0) is 38.5 Å². The molecular formula is C44H82NO7+. The molecule has 0 heterocycles. The highest BCUT2D eigenvalue weighted by molar-refractivity contribution is 5.72. The number of carboxylic acids is 1. The third-order valence-electron chi connectivity index (χ3n) is 9.63. The molecule has 0 aliphatic rings. The van der Waals surface area contributed by atoms with Crippen molar-refractivity contribution in [2.24, 2.45) is 0 Å². The Balaban J connectivity index is 4.37. The molecular weight excluding hydrogens is 654 g/mol. The zero-order chi connectivity index (χ0) is 38.5. The number of esters is 2. The van der Waals surface area contributed by atoms with Crippen molar-refractivity contribution in [1.82, 2.24) is 0 Å². The molecule has 0 aromatic rings. The van der Waals surface area contributed by atoms with Crippen molar-refractivity contribution in [2.75, 3.05) is 41.0 Å². The van der Waals surface area contributed by atoms with E-state index in [9.17, 15) is 19.5 Å². The molecule has 8 heteroatoms. The van der Waals surface area contributed by atoms with Crippen LogP contribution < -0.4 is 0 Å². The predicted molar refractivity (Wildman–Crippen MR) is 215 cm³/mol. The second kappa shape index (κ2) is 35.8. The Morgan fingerprint density at radius 1 is 0.577 bits per heavy atom. The number of ether oxygens (including phenoxy) is 3. The summed E-state index contributed by atoms with van der Waals surface area (Å²) in [6.45, 7) is 4.70. The summed E-state index contributed by atoms with van der Waals surface area (Å²) in [5, 5.41) is 9.60. The van der Waals surface area contributed by atoms with E-state index in [1.54, 1.807) is 0 Å². The molecule has 52 heavy (non-hydrogen) atoms. The zero-order valence-electron chi connectivity index (χ0n) is 34.5. The molecule has 0 aromatic carbocycles. The van der Waals surface area contributed by atoms with Crippen molar-refractivity contribution in [1.29, 1.82) is 0 Å². The van der Waals surface area contributed by atoms with Crippen LogP contribution in [0.1, 0.15) is 187 Å². The minimum absolute atomic E-state index is 0.0533. The number of carbonyl (C=O) groups excluding carboxylic acids is 2. The van der Waals surface area contributed by atoms with E-state index in [0.29, 0.717) is 19.3 Å². The Labute approximate surface area is 320 Å². The maximum Gasteiger partial charge on any atom is 0.362 e. The van der Waals surface area contributed by atoms with Gasteiger partial charge in [-0.2, -0.15) is 0 Å². The van der Waals surface area contributed by atoms with Crippen LogP contribution >= 0.6 is 0 Å². The standard InChI is InChI=1S/C44H81NO7/c1-6-8-10-12-14-16-18-20-21-23-24-26-28-30-32-34-42(46)51-39-40(38-50-37-36-41(44(48)49)45(3,4)5)52-43(47)35-33-31-29-27-25-22-19-17-15-13-11-9-7-2/h14,16,18,20,40-41H,6-13,15,17,19,21-39H2,1-5H3/p+1/b16-14+,20-18+. The van der Waals surface area contributed by atoms with Gasteiger partial charge < -0.3 is 23.8 Å². The largest absolute Gasteiger partial charge is 0.477 e. The van der Waals surface area contributed by atoms with Crippen LogP contribution in [0.3, 0.4) is 0 Å². The van der Waals surface area contributed by atoms with Gasteiger partial charge >= 0.3 is 17.9 Å². The highest BCUT2D eigenvalue weighted by Crippen LogP contribution is 2.15. The number of quaternary nitrogens is 1. The molecule has 0 saturated carbocycles. The molecule has 1 N–H and O–H groups in total. The lowest BCUT2D eigenvalue weighted by atomic mass is 10.0. The second-order valence-corrected chi connectivity index (χ2v) is 15.6. The first kappa shape index (κ1) is 49.8. The van der Waals surface area contributed by atoms with Crippen LogP contribution in [0.2, 0.25) is 0 Å². The van der Waals surface area contributed by atoms with Crippen LogP contribution in [0.4, 0.5) is 0 Å². The van der Waals surface area contributed by atoms with Crippen LogP contribution in [0.25, 0.3) is 0 Å². The number of carboxylic acid groups (broad SMARTS) is 1. The first-order valence-electron chi connectivity index (χ1n) is 21.4. The quantitative estimate of drug-likeness (QED) is 0.0291. The van der Waals surface area contributed by atoms with Crippen LogP contribution in [0, 0.1) is 0 Å². The second-order valence-electron chi connectivity index (χ2n) is 15.6. The van der Waals surface area contributed by atoms with Crippen molar-refractivity contribution >= 4 is 17.9 Å². The van der Waals surface area contributed by atoms with Gasteiger partial charge in [-0.3, -0.25) is 9.59 Å². The van der Waals surface area contributed by atoms with Crippen molar-refractivity contribution in [3.8, 4) is 0 Å². The predicted octanol–water partition coefficient (Wildman–Crippen LogP) is 11.3. The lowest BCUT2D eigenvalue weighted by Crippen LogP contribution is -2.50. The third kappa shape index (κ3) is 33.6. The monoisotopic (exact) mass is 737 g/mol. The van der Waals surface area contributed by atoms with Crippen molar-refractivity contribution < 1.29 is 38.2 Å². The Hall–Kier alpha value is -2.19. The minimum Gasteiger partial charge on any atom is -0.477 e. The van der Waals surface area contributed by atoms with E-state index in [2.05, 4.69) is 38.2 Å². The molecule has 0 aliphatic heterocycles. The molecule has 2 unspecified atom stereocenters. The van der Waals surface area contributed by atoms with Gasteiger partial charge in [0, 0.05) is 19.3 Å². The molecule has 2 atom stereocenters. The molecule has 0 spiro atoms. The van der Waals surface area contributed by atoms with Crippen LogP contribution in [0.15, 0.2) is 24.3 Å². The first-order valence-corrected chi connectivity index (χ1v) is 21.4. The van der Waals surface area contributed by atoms with E-state index in [1.807, 2.05) is 21.1 Å². The summed E-state index contributed by atoms with van der Waals surface area (Å²) < 4.78 is 17.2. The van der Waals surface area contributed by atoms with Crippen LogP contribution in [-0.2, 0) is 28.6 Å².